The van der Waals surface area contributed by atoms with E-state index in [1.165, 1.54) is 18.2 Å². The van der Waals surface area contributed by atoms with Crippen LogP contribution in [-0.2, 0) is 34.0 Å². The highest BCUT2D eigenvalue weighted by molar-refractivity contribution is 5.94. The van der Waals surface area contributed by atoms with Crippen LogP contribution < -0.4 is 15.7 Å². The van der Waals surface area contributed by atoms with E-state index in [1.807, 2.05) is 36.4 Å². The first kappa shape index (κ1) is 49.0. The SMILES string of the molecule is C[C@H]1CN(Cc2cccc(-c3cc(CNC(=O)c4cccc(CN5CCN(CC[N+]6(C)CCOCC6)CC5)c4)ccc3F)c2)CCN1.O=C(O)C(F)(F)F.O=C([O-])C(F)(F)F. The monoisotopic (exact) mass is 870 g/mol. The van der Waals surface area contributed by atoms with Gasteiger partial charge in [-0.05, 0) is 59.5 Å². The number of aliphatic carboxylic acids is 2. The second kappa shape index (κ2) is 22.4. The number of alkyl halides is 6. The van der Waals surface area contributed by atoms with Gasteiger partial charge in [0.15, 0.2) is 0 Å². The summed E-state index contributed by atoms with van der Waals surface area (Å²) in [6, 6.07) is 21.7. The highest BCUT2D eigenvalue weighted by atomic mass is 19.4. The van der Waals surface area contributed by atoms with Gasteiger partial charge in [0.1, 0.15) is 24.9 Å². The van der Waals surface area contributed by atoms with Crippen molar-refractivity contribution in [1.29, 1.82) is 0 Å². The summed E-state index contributed by atoms with van der Waals surface area (Å²) in [5, 5.41) is 22.5. The lowest BCUT2D eigenvalue weighted by atomic mass is 10.00. The molecule has 3 aliphatic heterocycles. The molecule has 12 nitrogen and oxygen atoms in total. The molecule has 3 heterocycles. The zero-order valence-electron chi connectivity index (χ0n) is 34.2. The van der Waals surface area contributed by atoms with E-state index in [4.69, 9.17) is 24.5 Å². The van der Waals surface area contributed by atoms with Crippen LogP contribution in [0, 0.1) is 5.82 Å². The molecule has 3 N–H and O–H groups in total. The van der Waals surface area contributed by atoms with Gasteiger partial charge in [-0.2, -0.15) is 26.3 Å². The summed E-state index contributed by atoms with van der Waals surface area (Å²) in [5.74, 6) is -6.14. The minimum atomic E-state index is -5.19. The number of likely N-dealkylation sites (N-methyl/N-ethyl adjacent to an activating group) is 1. The van der Waals surface area contributed by atoms with Crippen LogP contribution in [0.25, 0.3) is 11.1 Å². The van der Waals surface area contributed by atoms with E-state index < -0.39 is 24.3 Å². The van der Waals surface area contributed by atoms with E-state index in [0.29, 0.717) is 23.7 Å². The van der Waals surface area contributed by atoms with Gasteiger partial charge in [0.25, 0.3) is 5.91 Å². The summed E-state index contributed by atoms with van der Waals surface area (Å²) in [5.41, 5.74) is 5.27. The van der Waals surface area contributed by atoms with Gasteiger partial charge < -0.3 is 34.9 Å². The molecule has 6 rings (SSSR count). The first-order valence-electron chi connectivity index (χ1n) is 19.9. The topological polar surface area (TPSA) is 138 Å². The van der Waals surface area contributed by atoms with Crippen LogP contribution in [-0.4, -0.2) is 153 Å². The normalized spacial score (nSPS) is 18.8. The third-order valence-corrected chi connectivity index (χ3v) is 10.6. The summed E-state index contributed by atoms with van der Waals surface area (Å²) in [4.78, 5) is 38.4. The standard InChI is InChI=1S/C38H51FN6O2.2C2HF3O2/c1-30-27-44(12-11-40-30)29-32-5-3-7-34(23-32)36-25-31(9-10-37(36)39)26-41-38(46)35-8-4-6-33(24-35)28-43-15-13-42(14-16-43)17-18-45(2)19-21-47-22-20-45;2*3-2(4,5)1(6)7/h3-10,23-25,30,40H,11-22,26-29H2,1-2H3;2*(H,6,7)/t30-;;/m0../s1. The zero-order valence-corrected chi connectivity index (χ0v) is 34.2. The average Bonchev–Trinajstić information content (AvgIpc) is 3.20. The van der Waals surface area contributed by atoms with Crippen molar-refractivity contribution in [3.63, 3.8) is 0 Å². The molecule has 0 saturated carbocycles. The van der Waals surface area contributed by atoms with E-state index in [0.717, 1.165) is 113 Å². The maximum Gasteiger partial charge on any atom is 0.490 e. The van der Waals surface area contributed by atoms with Gasteiger partial charge in [-0.3, -0.25) is 19.5 Å². The van der Waals surface area contributed by atoms with Gasteiger partial charge in [0, 0.05) is 89.2 Å². The maximum absolute atomic E-state index is 15.0. The summed E-state index contributed by atoms with van der Waals surface area (Å²) < 4.78 is 85.0. The Morgan fingerprint density at radius 1 is 0.836 bits per heavy atom. The number of carboxylic acids is 2. The Morgan fingerprint density at radius 3 is 2.03 bits per heavy atom. The van der Waals surface area contributed by atoms with Gasteiger partial charge in [0.05, 0.1) is 26.8 Å². The number of halogens is 7. The van der Waals surface area contributed by atoms with Crippen LogP contribution in [0.15, 0.2) is 66.7 Å². The van der Waals surface area contributed by atoms with Crippen molar-refractivity contribution >= 4 is 17.8 Å². The first-order chi connectivity index (χ1) is 28.7. The van der Waals surface area contributed by atoms with Crippen molar-refractivity contribution in [2.24, 2.45) is 0 Å². The van der Waals surface area contributed by atoms with Crippen LogP contribution in [0.5, 0.6) is 0 Å². The molecular weight excluding hydrogens is 817 g/mol. The second-order valence-electron chi connectivity index (χ2n) is 15.6. The molecule has 0 aromatic heterocycles. The van der Waals surface area contributed by atoms with Gasteiger partial charge in [0.2, 0.25) is 0 Å². The van der Waals surface area contributed by atoms with Crippen LogP contribution in [0.2, 0.25) is 0 Å². The third-order valence-electron chi connectivity index (χ3n) is 10.6. The summed E-state index contributed by atoms with van der Waals surface area (Å²) in [7, 11) is 2.36. The molecule has 1 atom stereocenters. The van der Waals surface area contributed by atoms with E-state index >= 15 is 4.39 Å². The number of hydrogen-bond acceptors (Lipinski definition) is 9. The Hall–Kier alpha value is -4.66. The molecule has 3 fully saturated rings. The minimum Gasteiger partial charge on any atom is -0.542 e. The predicted molar refractivity (Wildman–Crippen MR) is 210 cm³/mol. The minimum absolute atomic E-state index is 0.116. The fourth-order valence-corrected chi connectivity index (χ4v) is 7.07. The quantitative estimate of drug-likeness (QED) is 0.193. The number of carbonyl (C=O) groups is 3. The van der Waals surface area contributed by atoms with Gasteiger partial charge in [-0.1, -0.05) is 36.4 Å². The highest BCUT2D eigenvalue weighted by Crippen LogP contribution is 2.26. The Labute approximate surface area is 350 Å². The number of nitrogens with one attached hydrogen (secondary N) is 2. The Kier molecular flexibility index (Phi) is 18.0. The van der Waals surface area contributed by atoms with Gasteiger partial charge in [-0.15, -0.1) is 0 Å². The fraction of sp³-hybridized carbons (Fsp3) is 0.500. The molecule has 3 saturated heterocycles. The van der Waals surface area contributed by atoms with Crippen molar-refractivity contribution in [3.05, 3.63) is 94.8 Å². The van der Waals surface area contributed by atoms with E-state index in [2.05, 4.69) is 57.5 Å². The molecule has 0 aliphatic carbocycles. The number of morpholine rings is 1. The molecule has 3 aromatic carbocycles. The number of benzene rings is 3. The Morgan fingerprint density at radius 2 is 1.43 bits per heavy atom. The molecule has 0 radical (unpaired) electrons. The molecule has 19 heteroatoms. The number of carboxylic acid groups (broad SMARTS) is 2. The van der Waals surface area contributed by atoms with E-state index in [9.17, 15) is 31.1 Å². The molecule has 3 aliphatic rings. The molecule has 3 aromatic rings. The Balaban J connectivity index is 0.000000504. The average molecular weight is 871 g/mol. The number of quaternary nitrogens is 1. The molecule has 1 amide bonds. The van der Waals surface area contributed by atoms with Crippen molar-refractivity contribution in [2.75, 3.05) is 92.3 Å². The third kappa shape index (κ3) is 16.6. The number of amides is 1. The Bertz CT molecular complexity index is 1880. The molecule has 0 bridgehead atoms. The summed E-state index contributed by atoms with van der Waals surface area (Å²) >= 11 is 0. The van der Waals surface area contributed by atoms with Crippen LogP contribution in [0.3, 0.4) is 0 Å². The molecule has 336 valence electrons. The molecule has 0 spiro atoms. The predicted octanol–water partition coefficient (Wildman–Crippen LogP) is 3.74. The molecule has 0 unspecified atom stereocenters. The maximum atomic E-state index is 15.0. The fourth-order valence-electron chi connectivity index (χ4n) is 7.07. The van der Waals surface area contributed by atoms with Crippen LogP contribution in [0.1, 0.15) is 34.0 Å². The largest absolute Gasteiger partial charge is 0.542 e. The van der Waals surface area contributed by atoms with E-state index in [-0.39, 0.29) is 11.7 Å². The molecular formula is C42H53F7N6O6. The first-order valence-corrected chi connectivity index (χ1v) is 19.9. The van der Waals surface area contributed by atoms with E-state index in [1.54, 1.807) is 6.07 Å². The lowest BCUT2D eigenvalue weighted by Gasteiger charge is -2.40. The number of rotatable bonds is 11. The number of hydrogen-bond donors (Lipinski definition) is 3. The van der Waals surface area contributed by atoms with Crippen molar-refractivity contribution in [3.8, 4) is 11.1 Å². The number of nitrogens with zero attached hydrogens (tertiary/aromatic N) is 4. The lowest BCUT2D eigenvalue weighted by Crippen LogP contribution is -2.56. The van der Waals surface area contributed by atoms with Gasteiger partial charge in [-0.25, -0.2) is 9.18 Å². The van der Waals surface area contributed by atoms with Crippen LogP contribution in [0.4, 0.5) is 30.7 Å². The van der Waals surface area contributed by atoms with Crippen LogP contribution >= 0.6 is 0 Å². The van der Waals surface area contributed by atoms with Crippen molar-refractivity contribution in [1.82, 2.24) is 25.3 Å². The lowest BCUT2D eigenvalue weighted by molar-refractivity contribution is -0.916. The number of carbonyl (C=O) groups excluding carboxylic acids is 2. The number of ether oxygens (including phenoxy) is 1. The number of piperazine rings is 2. The highest BCUT2D eigenvalue weighted by Gasteiger charge is 2.38. The summed E-state index contributed by atoms with van der Waals surface area (Å²) in [6.07, 6.45) is -10.3. The summed E-state index contributed by atoms with van der Waals surface area (Å²) in [6.45, 7) is 17.8. The van der Waals surface area contributed by atoms with Gasteiger partial charge >= 0.3 is 18.3 Å². The van der Waals surface area contributed by atoms with Crippen molar-refractivity contribution in [2.45, 2.75) is 45.0 Å². The molecule has 61 heavy (non-hydrogen) atoms. The zero-order chi connectivity index (χ0) is 44.8. The smallest absolute Gasteiger partial charge is 0.490 e. The second-order valence-corrected chi connectivity index (χ2v) is 15.6. The van der Waals surface area contributed by atoms with Crippen molar-refractivity contribution < 1.29 is 64.5 Å².